The van der Waals surface area contributed by atoms with Crippen LogP contribution in [0.25, 0.3) is 6.08 Å². The van der Waals surface area contributed by atoms with Crippen molar-refractivity contribution >= 4 is 17.9 Å². The van der Waals surface area contributed by atoms with Gasteiger partial charge in [0.15, 0.2) is 6.61 Å². The molecule has 0 unspecified atom stereocenters. The van der Waals surface area contributed by atoms with Gasteiger partial charge < -0.3 is 15.4 Å². The fraction of sp³-hybridized carbons (Fsp3) is 0.273. The smallest absolute Gasteiger partial charge is 0.258 e. The lowest BCUT2D eigenvalue weighted by Crippen LogP contribution is -2.30. The lowest BCUT2D eigenvalue weighted by molar-refractivity contribution is -0.123. The Hall–Kier alpha value is -3.15. The molecule has 0 atom stereocenters. The Kier molecular flexibility index (Phi) is 6.78. The second kappa shape index (κ2) is 9.69. The molecule has 28 heavy (non-hydrogen) atoms. The highest BCUT2D eigenvalue weighted by molar-refractivity contribution is 5.91. The number of rotatable bonds is 9. The average Bonchev–Trinajstić information content (AvgIpc) is 3.51. The fourth-order valence-electron chi connectivity index (χ4n) is 2.56. The molecule has 0 spiro atoms. The molecule has 0 aliphatic heterocycles. The van der Waals surface area contributed by atoms with E-state index in [1.165, 1.54) is 18.2 Å². The summed E-state index contributed by atoms with van der Waals surface area (Å²) in [6.45, 7) is 0.477. The van der Waals surface area contributed by atoms with Gasteiger partial charge in [0, 0.05) is 24.2 Å². The molecular weight excluding hydrogens is 359 g/mol. The number of nitrogens with one attached hydrogen (secondary N) is 2. The first-order valence-corrected chi connectivity index (χ1v) is 9.32. The Bertz CT molecular complexity index is 845. The highest BCUT2D eigenvalue weighted by Crippen LogP contribution is 2.18. The minimum absolute atomic E-state index is 0.0141. The molecule has 1 aliphatic rings. The van der Waals surface area contributed by atoms with E-state index in [1.807, 2.05) is 12.1 Å². The molecule has 5 nitrogen and oxygen atoms in total. The first-order chi connectivity index (χ1) is 13.6. The van der Waals surface area contributed by atoms with Crippen molar-refractivity contribution in [3.05, 3.63) is 71.6 Å². The molecule has 0 aromatic heterocycles. The van der Waals surface area contributed by atoms with Crippen molar-refractivity contribution < 1.29 is 18.7 Å². The minimum atomic E-state index is -0.362. The maximum Gasteiger partial charge on any atom is 0.258 e. The highest BCUT2D eigenvalue weighted by atomic mass is 19.1. The second-order valence-corrected chi connectivity index (χ2v) is 6.67. The number of benzene rings is 2. The lowest BCUT2D eigenvalue weighted by atomic mass is 10.1. The van der Waals surface area contributed by atoms with Gasteiger partial charge in [0.1, 0.15) is 11.6 Å². The summed E-state index contributed by atoms with van der Waals surface area (Å²) in [5, 5.41) is 5.63. The van der Waals surface area contributed by atoms with E-state index < -0.39 is 0 Å². The van der Waals surface area contributed by atoms with Gasteiger partial charge in [-0.25, -0.2) is 4.39 Å². The van der Waals surface area contributed by atoms with Crippen LogP contribution in [0, 0.1) is 5.82 Å². The van der Waals surface area contributed by atoms with Crippen LogP contribution in [0.15, 0.2) is 54.6 Å². The van der Waals surface area contributed by atoms with Crippen LogP contribution < -0.4 is 15.4 Å². The molecule has 1 fully saturated rings. The van der Waals surface area contributed by atoms with Crippen molar-refractivity contribution in [2.24, 2.45) is 0 Å². The van der Waals surface area contributed by atoms with Gasteiger partial charge in [-0.2, -0.15) is 0 Å². The van der Waals surface area contributed by atoms with E-state index in [9.17, 15) is 14.0 Å². The number of ether oxygens (including phenoxy) is 1. The quantitative estimate of drug-likeness (QED) is 0.656. The highest BCUT2D eigenvalue weighted by Gasteiger charge is 2.23. The van der Waals surface area contributed by atoms with E-state index >= 15 is 0 Å². The summed E-state index contributed by atoms with van der Waals surface area (Å²) in [5.74, 6) is -0.104. The molecule has 1 saturated carbocycles. The SMILES string of the molecule is O=C(/C=C/c1ccccc1F)NCCc1ccc(OCC(=O)NC2CC2)cc1. The minimum Gasteiger partial charge on any atom is -0.484 e. The maximum atomic E-state index is 13.5. The molecule has 2 amide bonds. The first kappa shape index (κ1) is 19.6. The largest absolute Gasteiger partial charge is 0.484 e. The Morgan fingerprint density at radius 2 is 1.86 bits per heavy atom. The molecule has 3 rings (SSSR count). The summed E-state index contributed by atoms with van der Waals surface area (Å²) >= 11 is 0. The van der Waals surface area contributed by atoms with E-state index in [2.05, 4.69) is 10.6 Å². The van der Waals surface area contributed by atoms with Crippen molar-refractivity contribution in [3.8, 4) is 5.75 Å². The van der Waals surface area contributed by atoms with Crippen LogP contribution in [0.5, 0.6) is 5.75 Å². The van der Waals surface area contributed by atoms with Gasteiger partial charge in [-0.3, -0.25) is 9.59 Å². The van der Waals surface area contributed by atoms with E-state index in [0.717, 1.165) is 18.4 Å². The average molecular weight is 382 g/mol. The van der Waals surface area contributed by atoms with Crippen LogP contribution in [0.4, 0.5) is 4.39 Å². The molecule has 0 bridgehead atoms. The zero-order valence-electron chi connectivity index (χ0n) is 15.5. The number of amides is 2. The van der Waals surface area contributed by atoms with Crippen molar-refractivity contribution in [1.29, 1.82) is 0 Å². The third-order valence-electron chi connectivity index (χ3n) is 4.27. The number of hydrogen-bond acceptors (Lipinski definition) is 3. The molecule has 0 radical (unpaired) electrons. The van der Waals surface area contributed by atoms with Gasteiger partial charge in [0.25, 0.3) is 5.91 Å². The summed E-state index contributed by atoms with van der Waals surface area (Å²) in [4.78, 5) is 23.4. The van der Waals surface area contributed by atoms with Crippen molar-refractivity contribution in [2.75, 3.05) is 13.2 Å². The Morgan fingerprint density at radius 1 is 1.11 bits per heavy atom. The molecule has 0 heterocycles. The normalized spacial score (nSPS) is 13.3. The van der Waals surface area contributed by atoms with Crippen LogP contribution in [-0.4, -0.2) is 31.0 Å². The van der Waals surface area contributed by atoms with E-state index in [1.54, 1.807) is 30.3 Å². The second-order valence-electron chi connectivity index (χ2n) is 6.67. The summed E-state index contributed by atoms with van der Waals surface area (Å²) < 4.78 is 18.9. The van der Waals surface area contributed by atoms with Gasteiger partial charge in [0.2, 0.25) is 5.91 Å². The predicted octanol–water partition coefficient (Wildman–Crippen LogP) is 2.86. The van der Waals surface area contributed by atoms with Crippen LogP contribution >= 0.6 is 0 Å². The predicted molar refractivity (Wildman–Crippen MR) is 105 cm³/mol. The lowest BCUT2D eigenvalue weighted by Gasteiger charge is -2.08. The third kappa shape index (κ3) is 6.54. The monoisotopic (exact) mass is 382 g/mol. The molecular formula is C22H23FN2O3. The summed E-state index contributed by atoms with van der Waals surface area (Å²) in [5.41, 5.74) is 1.41. The standard InChI is InChI=1S/C22H23FN2O3/c23-20-4-2-1-3-17(20)7-12-21(26)24-14-13-16-5-10-19(11-6-16)28-15-22(27)25-18-8-9-18/h1-7,10-12,18H,8-9,13-15H2,(H,24,26)(H,25,27)/b12-7+. The number of hydrogen-bond donors (Lipinski definition) is 2. The molecule has 2 aromatic carbocycles. The van der Waals surface area contributed by atoms with Crippen molar-refractivity contribution in [1.82, 2.24) is 10.6 Å². The fourth-order valence-corrected chi connectivity index (χ4v) is 2.56. The molecule has 2 aromatic rings. The van der Waals surface area contributed by atoms with Gasteiger partial charge >= 0.3 is 0 Å². The molecule has 146 valence electrons. The molecule has 0 saturated heterocycles. The van der Waals surface area contributed by atoms with E-state index in [-0.39, 0.29) is 24.2 Å². The van der Waals surface area contributed by atoms with Crippen LogP contribution in [0.1, 0.15) is 24.0 Å². The number of halogens is 1. The van der Waals surface area contributed by atoms with Crippen molar-refractivity contribution in [3.63, 3.8) is 0 Å². The zero-order valence-corrected chi connectivity index (χ0v) is 15.5. The topological polar surface area (TPSA) is 67.4 Å². The number of carbonyl (C=O) groups excluding carboxylic acids is 2. The molecule has 6 heteroatoms. The van der Waals surface area contributed by atoms with Gasteiger partial charge in [0.05, 0.1) is 0 Å². The molecule has 1 aliphatic carbocycles. The Labute approximate surface area is 163 Å². The van der Waals surface area contributed by atoms with Crippen LogP contribution in [0.3, 0.4) is 0 Å². The van der Waals surface area contributed by atoms with E-state index in [0.29, 0.717) is 30.3 Å². The summed E-state index contributed by atoms with van der Waals surface area (Å²) in [6.07, 6.45) is 5.53. The Morgan fingerprint density at radius 3 is 2.57 bits per heavy atom. The van der Waals surface area contributed by atoms with Crippen molar-refractivity contribution in [2.45, 2.75) is 25.3 Å². The van der Waals surface area contributed by atoms with Gasteiger partial charge in [-0.05, 0) is 49.1 Å². The van der Waals surface area contributed by atoms with Gasteiger partial charge in [-0.15, -0.1) is 0 Å². The van der Waals surface area contributed by atoms with Gasteiger partial charge in [-0.1, -0.05) is 30.3 Å². The third-order valence-corrected chi connectivity index (χ3v) is 4.27. The first-order valence-electron chi connectivity index (χ1n) is 9.32. The maximum absolute atomic E-state index is 13.5. The van der Waals surface area contributed by atoms with E-state index in [4.69, 9.17) is 4.74 Å². The summed E-state index contributed by atoms with van der Waals surface area (Å²) in [6, 6.07) is 14.0. The Balaban J connectivity index is 1.36. The number of carbonyl (C=O) groups is 2. The summed E-state index contributed by atoms with van der Waals surface area (Å²) in [7, 11) is 0. The molecule has 2 N–H and O–H groups in total. The van der Waals surface area contributed by atoms with Crippen LogP contribution in [0.2, 0.25) is 0 Å². The van der Waals surface area contributed by atoms with Crippen LogP contribution in [-0.2, 0) is 16.0 Å². The zero-order chi connectivity index (χ0) is 19.8.